The van der Waals surface area contributed by atoms with E-state index >= 15 is 0 Å². The zero-order valence-corrected chi connectivity index (χ0v) is 72.1. The van der Waals surface area contributed by atoms with Crippen molar-refractivity contribution in [2.75, 3.05) is 33.4 Å². The van der Waals surface area contributed by atoms with Crippen molar-refractivity contribution in [2.45, 2.75) is 362 Å². The first kappa shape index (κ1) is 121. The van der Waals surface area contributed by atoms with Gasteiger partial charge in [0.1, 0.15) is 11.8 Å². The Morgan fingerprint density at radius 1 is 0.286 bits per heavy atom. The molecule has 0 fully saturated rings. The van der Waals surface area contributed by atoms with Gasteiger partial charge in [-0.15, -0.1) is 0 Å². The van der Waals surface area contributed by atoms with Gasteiger partial charge in [-0.05, 0) is 200 Å². The lowest BCUT2D eigenvalue weighted by Crippen LogP contribution is -2.34. The monoisotopic (exact) mass is 1440 g/mol. The Kier molecular flexibility index (Phi) is 82.6. The quantitative estimate of drug-likeness (QED) is 0.0564. The average Bonchev–Trinajstić information content (AvgIpc) is 0.891. The van der Waals surface area contributed by atoms with Gasteiger partial charge in [0, 0.05) is 18.8 Å². The highest BCUT2D eigenvalue weighted by molar-refractivity contribution is 4.83. The Morgan fingerprint density at radius 2 is 0.551 bits per heavy atom. The molecule has 2 unspecified atom stereocenters. The van der Waals surface area contributed by atoms with Gasteiger partial charge >= 0.3 is 0 Å². The van der Waals surface area contributed by atoms with E-state index in [0.29, 0.717) is 107 Å². The first-order chi connectivity index (χ1) is 43.2. The van der Waals surface area contributed by atoms with Crippen molar-refractivity contribution < 1.29 is 48.3 Å². The van der Waals surface area contributed by atoms with Crippen LogP contribution in [-0.2, 0) is 0 Å². The van der Waals surface area contributed by atoms with Gasteiger partial charge < -0.3 is 0 Å². The summed E-state index contributed by atoms with van der Waals surface area (Å²) in [5.74, 6) is 9.46. The van der Waals surface area contributed by atoms with E-state index in [-0.39, 0.29) is 89.1 Å². The summed E-state index contributed by atoms with van der Waals surface area (Å²) >= 11 is 0. The summed E-state index contributed by atoms with van der Waals surface area (Å²) in [7, 11) is 0. The molecule has 0 aliphatic carbocycles. The third kappa shape index (κ3) is 67.1. The minimum atomic E-state index is -2.51. The second-order valence-corrected chi connectivity index (χ2v) is 35.7. The zero-order chi connectivity index (χ0) is 79.0. The van der Waals surface area contributed by atoms with Crippen molar-refractivity contribution in [1.82, 2.24) is 0 Å². The van der Waals surface area contributed by atoms with Gasteiger partial charge in [0.15, 0.2) is 0 Å². The van der Waals surface area contributed by atoms with Crippen molar-refractivity contribution in [3.63, 3.8) is 0 Å². The highest BCUT2D eigenvalue weighted by Crippen LogP contribution is 2.36. The molecule has 0 aromatic heterocycles. The molecule has 0 aromatic carbocycles. The normalized spacial score (nSPS) is 12.9. The fourth-order valence-corrected chi connectivity index (χ4v) is 16.1. The van der Waals surface area contributed by atoms with Crippen LogP contribution in [0.4, 0.5) is 48.3 Å². The van der Waals surface area contributed by atoms with Crippen molar-refractivity contribution >= 4 is 0 Å². The topological polar surface area (TPSA) is 0 Å². The van der Waals surface area contributed by atoms with Gasteiger partial charge in [-0.1, -0.05) is 291 Å². The zero-order valence-electron chi connectivity index (χ0n) is 72.1. The number of rotatable bonds is 34. The SMILES string of the molecule is C.C.CC(C)C(C(C)C)C(C)(C)F.CC(C)C(C(C)C)C(C)CF.CC(C)C(C(C)C)C(C)F.CC(C)C(C(C)C)C(CF)CF.CC(C)C(CC(C)(F)F)C(C)C.CC(C)C(CC(F)F)C(C)C.CC(C)C(CCF)C(C)C.CC(C)C(CF)C(C)C.CCCC(C(C)C)C(C)C. The van der Waals surface area contributed by atoms with E-state index in [1.54, 1.807) is 20.8 Å². The molecule has 11 heteroatoms. The third-order valence-electron chi connectivity index (χ3n) is 20.1. The molecule has 0 rings (SSSR count). The van der Waals surface area contributed by atoms with Crippen molar-refractivity contribution in [1.29, 1.82) is 0 Å². The van der Waals surface area contributed by atoms with Gasteiger partial charge in [0.25, 0.3) is 0 Å². The van der Waals surface area contributed by atoms with E-state index in [1.807, 2.05) is 90.0 Å². The molecular weight excluding hydrogens is 1250 g/mol. The summed E-state index contributed by atoms with van der Waals surface area (Å²) in [6.07, 6.45) is 0.716. The van der Waals surface area contributed by atoms with Crippen molar-refractivity contribution in [3.8, 4) is 0 Å². The molecular formula is C87H185F11. The fraction of sp³-hybridized carbons (Fsp3) is 1.00. The summed E-state index contributed by atoms with van der Waals surface area (Å²) in [5, 5.41) is 0. The van der Waals surface area contributed by atoms with E-state index in [4.69, 9.17) is 0 Å². The molecule has 0 saturated heterocycles. The molecule has 0 heterocycles. The summed E-state index contributed by atoms with van der Waals surface area (Å²) in [4.78, 5) is 0. The van der Waals surface area contributed by atoms with E-state index in [9.17, 15) is 48.3 Å². The van der Waals surface area contributed by atoms with Crippen LogP contribution in [0.1, 0.15) is 338 Å². The van der Waals surface area contributed by atoms with Crippen LogP contribution in [0.15, 0.2) is 0 Å². The van der Waals surface area contributed by atoms with Gasteiger partial charge in [0.2, 0.25) is 12.3 Å². The molecule has 0 nitrogen and oxygen atoms in total. The lowest BCUT2D eigenvalue weighted by molar-refractivity contribution is -0.0183. The van der Waals surface area contributed by atoms with E-state index in [1.165, 1.54) is 12.8 Å². The van der Waals surface area contributed by atoms with Crippen LogP contribution in [0.25, 0.3) is 0 Å². The summed E-state index contributed by atoms with van der Waals surface area (Å²) in [6.45, 7) is 84.6. The maximum atomic E-state index is 13.6. The Hall–Kier alpha value is -0.770. The lowest BCUT2D eigenvalue weighted by Gasteiger charge is -2.33. The van der Waals surface area contributed by atoms with Gasteiger partial charge in [-0.25, -0.2) is 26.3 Å². The maximum absolute atomic E-state index is 13.6. The molecule has 0 N–H and O–H groups in total. The van der Waals surface area contributed by atoms with E-state index < -0.39 is 43.5 Å². The molecule has 0 aliphatic heterocycles. The van der Waals surface area contributed by atoms with Crippen LogP contribution in [0.5, 0.6) is 0 Å². The molecule has 0 radical (unpaired) electrons. The van der Waals surface area contributed by atoms with Crippen LogP contribution in [0.3, 0.4) is 0 Å². The number of halogens is 11. The van der Waals surface area contributed by atoms with E-state index in [0.717, 1.165) is 31.1 Å². The lowest BCUT2D eigenvalue weighted by atomic mass is 9.76. The predicted octanol–water partition coefficient (Wildman–Crippen LogP) is 32.6. The second-order valence-electron chi connectivity index (χ2n) is 35.7. The number of hydrogen-bond acceptors (Lipinski definition) is 0. The molecule has 0 bridgehead atoms. The molecule has 0 spiro atoms. The Morgan fingerprint density at radius 3 is 0.612 bits per heavy atom. The molecule has 610 valence electrons. The van der Waals surface area contributed by atoms with Crippen LogP contribution in [-0.4, -0.2) is 57.6 Å². The Bertz CT molecular complexity index is 1460. The Labute approximate surface area is 612 Å². The van der Waals surface area contributed by atoms with Crippen molar-refractivity contribution in [3.05, 3.63) is 0 Å². The van der Waals surface area contributed by atoms with Gasteiger partial charge in [-0.2, -0.15) is 0 Å². The van der Waals surface area contributed by atoms with Crippen LogP contribution in [0.2, 0.25) is 0 Å². The van der Waals surface area contributed by atoms with Crippen LogP contribution >= 0.6 is 0 Å². The first-order valence-corrected chi connectivity index (χ1v) is 39.0. The summed E-state index contributed by atoms with van der Waals surface area (Å²) in [6, 6.07) is 0. The molecule has 0 amide bonds. The fourth-order valence-electron chi connectivity index (χ4n) is 16.1. The molecule has 0 aromatic rings. The largest absolute Gasteiger partial charge is 0.251 e. The third-order valence-corrected chi connectivity index (χ3v) is 20.1. The van der Waals surface area contributed by atoms with E-state index in [2.05, 4.69) is 173 Å². The number of alkyl halides is 11. The molecule has 98 heavy (non-hydrogen) atoms. The van der Waals surface area contributed by atoms with Crippen LogP contribution in [0, 0.1) is 172 Å². The smallest absolute Gasteiger partial charge is 0.245 e. The minimum Gasteiger partial charge on any atom is -0.251 e. The van der Waals surface area contributed by atoms with Gasteiger partial charge in [-0.3, -0.25) is 22.0 Å². The Balaban J connectivity index is -0.0000000964. The predicted molar refractivity (Wildman–Crippen MR) is 426 cm³/mol. The molecule has 2 atom stereocenters. The highest BCUT2D eigenvalue weighted by atomic mass is 19.3. The second kappa shape index (κ2) is 66.9. The summed E-state index contributed by atoms with van der Waals surface area (Å²) in [5.41, 5.74) is -1.04. The average molecular weight is 1440 g/mol. The number of hydrogen-bond donors (Lipinski definition) is 0. The molecule has 0 saturated carbocycles. The van der Waals surface area contributed by atoms with Gasteiger partial charge in [0.05, 0.1) is 33.4 Å². The minimum absolute atomic E-state index is 0. The highest BCUT2D eigenvalue weighted by Gasteiger charge is 2.34. The molecule has 0 aliphatic rings. The standard InChI is InChI=1S/2C10H20F2.2C10H21F.C10H22.C9H18F2.2C9H19F.C8H17F.2CH4/c1-7(2)9(8(3)4)6-10(5,11)12;1-7(2)10(8(3)4)9(5-11)6-12;1-7(2)9(8(3)4)10(5,6)11;1-7(2)10(8(3)4)9(5)6-11;1-6-7-10(8(2)3)9(4)5;1-6(2)8(7(3)4)5-9(10)11;1-7(2)9(5-6-10)8(3)4;1-6(2)9(7(3)4)8(5)10;1-6(2)8(5-9)7(3)4;;/h7-9H,6H2,1-5H3;7-10H,5-6H2,1-4H3;7-9H,1-6H3;7-10H,6H2,1-5H3;8-10H,6-7H2,1-5H3;6-9H,5H2,1-4H3;7-9H,5-6H2,1-4H3;6-9H,1-5H3;6-8H,5H2,1-4H3;2*1H4. The summed E-state index contributed by atoms with van der Waals surface area (Å²) < 4.78 is 137. The van der Waals surface area contributed by atoms with Crippen LogP contribution < -0.4 is 0 Å². The van der Waals surface area contributed by atoms with Crippen molar-refractivity contribution in [2.24, 2.45) is 172 Å². The first-order valence-electron chi connectivity index (χ1n) is 39.0. The maximum Gasteiger partial charge on any atom is 0.245 e.